The van der Waals surface area contributed by atoms with Crippen LogP contribution in [0, 0.1) is 17.8 Å². The molecule has 8 rings (SSSR count). The zero-order valence-electron chi connectivity index (χ0n) is 34.7. The molecule has 2 aromatic carbocycles. The van der Waals surface area contributed by atoms with Gasteiger partial charge in [0.05, 0.1) is 43.1 Å². The van der Waals surface area contributed by atoms with Crippen molar-refractivity contribution in [2.75, 3.05) is 43.7 Å². The Morgan fingerprint density at radius 2 is 1.77 bits per heavy atom. The van der Waals surface area contributed by atoms with E-state index in [0.717, 1.165) is 84.2 Å². The largest absolute Gasteiger partial charge is 0.497 e. The quantitative estimate of drug-likeness (QED) is 0.102. The normalized spacial score (nSPS) is 25.3. The van der Waals surface area contributed by atoms with E-state index in [1.807, 2.05) is 44.2 Å². The second-order valence-corrected chi connectivity index (χ2v) is 18.4. The standard InChI is InChI=1S/C45H61N7O5/c1-44(2,3)31-12-14-36(35(46)21-31)50-39(53)15-10-28-18-32(19-28)51(24-27-8-9-27)25-30-20-37(41-40(30)56-45(4,5)57-41)52-17-16-34-42(48-26-49-43(34)52)47-23-29-11-13-33(54-6)22-38(29)55-7/h11-14,16-17,21-22,26-28,30,32,37,40-41H,8-10,15,18-20,23-25,46H2,1-7H3,(H,50,53)(H,47,48,49). The van der Waals surface area contributed by atoms with E-state index in [0.29, 0.717) is 42.2 Å². The van der Waals surface area contributed by atoms with Gasteiger partial charge in [-0.05, 0) is 106 Å². The molecular weight excluding hydrogens is 719 g/mol. The number of carbonyl (C=O) groups is 1. The minimum atomic E-state index is -0.656. The van der Waals surface area contributed by atoms with Crippen LogP contribution in [0.25, 0.3) is 11.0 Å². The molecule has 4 N–H and O–H groups in total. The highest BCUT2D eigenvalue weighted by atomic mass is 16.8. The van der Waals surface area contributed by atoms with E-state index < -0.39 is 5.79 Å². The van der Waals surface area contributed by atoms with E-state index >= 15 is 0 Å². The number of nitrogens with two attached hydrogens (primary N) is 1. The Hall–Kier alpha value is -4.39. The summed E-state index contributed by atoms with van der Waals surface area (Å²) < 4.78 is 26.7. The van der Waals surface area contributed by atoms with Crippen molar-refractivity contribution in [2.24, 2.45) is 17.8 Å². The third-order valence-electron chi connectivity index (χ3n) is 12.7. The van der Waals surface area contributed by atoms with E-state index in [1.54, 1.807) is 20.5 Å². The van der Waals surface area contributed by atoms with Crippen LogP contribution in [0.2, 0.25) is 0 Å². The molecule has 12 heteroatoms. The average molecular weight is 780 g/mol. The van der Waals surface area contributed by atoms with Crippen molar-refractivity contribution in [3.63, 3.8) is 0 Å². The van der Waals surface area contributed by atoms with E-state index in [-0.39, 0.29) is 29.6 Å². The van der Waals surface area contributed by atoms with Gasteiger partial charge in [-0.3, -0.25) is 9.69 Å². The van der Waals surface area contributed by atoms with E-state index in [9.17, 15) is 4.79 Å². The first kappa shape index (κ1) is 39.4. The SMILES string of the molecule is COc1ccc(CNc2ncnc3c2ccn3C2CC(CN(CC3CC3)C3CC(CCC(=O)Nc4ccc(C(C)(C)C)cc4N)C3)C3OC(C)(C)OC32)c(OC)c1. The van der Waals surface area contributed by atoms with Crippen molar-refractivity contribution in [1.29, 1.82) is 0 Å². The lowest BCUT2D eigenvalue weighted by atomic mass is 9.76. The molecule has 57 heavy (non-hydrogen) atoms. The van der Waals surface area contributed by atoms with Gasteiger partial charge < -0.3 is 39.9 Å². The lowest BCUT2D eigenvalue weighted by Gasteiger charge is -2.44. The number of hydrogen-bond acceptors (Lipinski definition) is 10. The molecular formula is C45H61N7O5. The number of nitrogens with zero attached hydrogens (tertiary/aromatic N) is 4. The number of nitrogens with one attached hydrogen (secondary N) is 2. The van der Waals surface area contributed by atoms with Gasteiger partial charge in [0.1, 0.15) is 35.4 Å². The van der Waals surface area contributed by atoms with Crippen molar-refractivity contribution in [3.8, 4) is 11.5 Å². The smallest absolute Gasteiger partial charge is 0.224 e. The molecule has 4 fully saturated rings. The lowest BCUT2D eigenvalue weighted by molar-refractivity contribution is -0.161. The predicted molar refractivity (Wildman–Crippen MR) is 224 cm³/mol. The molecule has 306 valence electrons. The van der Waals surface area contributed by atoms with Gasteiger partial charge in [0, 0.05) is 55.8 Å². The number of rotatable bonds is 15. The number of amides is 1. The number of benzene rings is 2. The van der Waals surface area contributed by atoms with Gasteiger partial charge in [-0.2, -0.15) is 0 Å². The molecule has 1 aliphatic heterocycles. The summed E-state index contributed by atoms with van der Waals surface area (Å²) in [6, 6.07) is 14.5. The second-order valence-electron chi connectivity index (χ2n) is 18.4. The number of anilines is 3. The number of methoxy groups -OCH3 is 2. The molecule has 4 aliphatic rings. The molecule has 3 aliphatic carbocycles. The maximum absolute atomic E-state index is 13.0. The van der Waals surface area contributed by atoms with Crippen LogP contribution in [0.4, 0.5) is 17.2 Å². The Morgan fingerprint density at radius 3 is 2.49 bits per heavy atom. The van der Waals surface area contributed by atoms with E-state index in [4.69, 9.17) is 29.7 Å². The highest BCUT2D eigenvalue weighted by Crippen LogP contribution is 2.49. The van der Waals surface area contributed by atoms with Gasteiger partial charge in [0.25, 0.3) is 0 Å². The number of aromatic nitrogens is 3. The minimum absolute atomic E-state index is 0.00408. The summed E-state index contributed by atoms with van der Waals surface area (Å²) in [6.07, 6.45) is 10.9. The first-order chi connectivity index (χ1) is 27.3. The van der Waals surface area contributed by atoms with Crippen molar-refractivity contribution >= 4 is 34.1 Å². The van der Waals surface area contributed by atoms with Crippen LogP contribution < -0.4 is 25.8 Å². The molecule has 4 atom stereocenters. The third-order valence-corrected chi connectivity index (χ3v) is 12.7. The summed E-state index contributed by atoms with van der Waals surface area (Å²) in [7, 11) is 3.32. The van der Waals surface area contributed by atoms with Crippen LogP contribution in [0.5, 0.6) is 11.5 Å². The van der Waals surface area contributed by atoms with Crippen LogP contribution >= 0.6 is 0 Å². The summed E-state index contributed by atoms with van der Waals surface area (Å²) in [5.74, 6) is 3.32. The van der Waals surface area contributed by atoms with Crippen molar-refractivity contribution in [1.82, 2.24) is 19.4 Å². The molecule has 1 saturated heterocycles. The Labute approximate surface area is 337 Å². The molecule has 4 unspecified atom stereocenters. The maximum Gasteiger partial charge on any atom is 0.224 e. The monoisotopic (exact) mass is 779 g/mol. The first-order valence-corrected chi connectivity index (χ1v) is 20.8. The lowest BCUT2D eigenvalue weighted by Crippen LogP contribution is -2.48. The first-order valence-electron chi connectivity index (χ1n) is 20.8. The van der Waals surface area contributed by atoms with Gasteiger partial charge >= 0.3 is 0 Å². The van der Waals surface area contributed by atoms with Crippen molar-refractivity contribution in [3.05, 3.63) is 66.1 Å². The van der Waals surface area contributed by atoms with Crippen LogP contribution in [0.3, 0.4) is 0 Å². The fourth-order valence-corrected chi connectivity index (χ4v) is 9.30. The summed E-state index contributed by atoms with van der Waals surface area (Å²) >= 11 is 0. The Kier molecular flexibility index (Phi) is 10.9. The molecule has 0 radical (unpaired) electrons. The predicted octanol–water partition coefficient (Wildman–Crippen LogP) is 7.93. The van der Waals surface area contributed by atoms with Gasteiger partial charge in [-0.15, -0.1) is 0 Å². The Bertz CT molecular complexity index is 2070. The van der Waals surface area contributed by atoms with Crippen LogP contribution in [0.1, 0.15) is 96.7 Å². The summed E-state index contributed by atoms with van der Waals surface area (Å²) in [4.78, 5) is 25.2. The third kappa shape index (κ3) is 8.59. The highest BCUT2D eigenvalue weighted by molar-refractivity contribution is 5.94. The molecule has 3 saturated carbocycles. The number of fused-ring (bicyclic) bond motifs is 2. The fourth-order valence-electron chi connectivity index (χ4n) is 9.30. The van der Waals surface area contributed by atoms with E-state index in [2.05, 4.69) is 64.2 Å². The molecule has 1 amide bonds. The van der Waals surface area contributed by atoms with Crippen molar-refractivity contribution in [2.45, 2.75) is 122 Å². The topological polar surface area (TPSA) is 138 Å². The molecule has 2 aromatic heterocycles. The molecule has 4 aromatic rings. The minimum Gasteiger partial charge on any atom is -0.497 e. The highest BCUT2D eigenvalue weighted by Gasteiger charge is 2.55. The molecule has 0 spiro atoms. The number of ether oxygens (including phenoxy) is 4. The zero-order chi connectivity index (χ0) is 40.1. The number of carbonyl (C=O) groups excluding carboxylic acids is 1. The molecule has 0 bridgehead atoms. The Morgan fingerprint density at radius 1 is 0.982 bits per heavy atom. The summed E-state index contributed by atoms with van der Waals surface area (Å²) in [5.41, 5.74) is 10.7. The van der Waals surface area contributed by atoms with Gasteiger partial charge in [0.2, 0.25) is 5.91 Å². The number of nitrogen functional groups attached to an aromatic ring is 1. The van der Waals surface area contributed by atoms with Crippen LogP contribution in [-0.2, 0) is 26.2 Å². The Balaban J connectivity index is 0.912. The van der Waals surface area contributed by atoms with E-state index in [1.165, 1.54) is 12.8 Å². The average Bonchev–Trinajstić information content (AvgIpc) is 3.65. The van der Waals surface area contributed by atoms with Gasteiger partial charge in [-0.25, -0.2) is 9.97 Å². The summed E-state index contributed by atoms with van der Waals surface area (Å²) in [5, 5.41) is 7.56. The van der Waals surface area contributed by atoms with Gasteiger partial charge in [0.15, 0.2) is 5.79 Å². The van der Waals surface area contributed by atoms with Crippen molar-refractivity contribution < 1.29 is 23.7 Å². The maximum atomic E-state index is 13.0. The number of hydrogen-bond donors (Lipinski definition) is 3. The van der Waals surface area contributed by atoms with Gasteiger partial charge in [-0.1, -0.05) is 26.8 Å². The van der Waals surface area contributed by atoms with Crippen LogP contribution in [0.15, 0.2) is 55.0 Å². The molecule has 12 nitrogen and oxygen atoms in total. The van der Waals surface area contributed by atoms with Crippen LogP contribution in [-0.4, -0.2) is 76.7 Å². The zero-order valence-corrected chi connectivity index (χ0v) is 34.7. The fraction of sp³-hybridized carbons (Fsp3) is 0.578. The summed E-state index contributed by atoms with van der Waals surface area (Å²) in [6.45, 7) is 13.2. The second kappa shape index (κ2) is 15.8. The molecule has 3 heterocycles.